The van der Waals surface area contributed by atoms with Gasteiger partial charge in [-0.2, -0.15) is 0 Å². The number of nitrogens with zero attached hydrogens (tertiary/aromatic N) is 3. The highest BCUT2D eigenvalue weighted by Gasteiger charge is 2.28. The molecule has 0 saturated heterocycles. The van der Waals surface area contributed by atoms with Crippen LogP contribution in [0.25, 0.3) is 0 Å². The lowest BCUT2D eigenvalue weighted by Gasteiger charge is -2.32. The minimum atomic E-state index is 0.550. The van der Waals surface area contributed by atoms with E-state index < -0.39 is 0 Å². The van der Waals surface area contributed by atoms with Gasteiger partial charge in [0.2, 0.25) is 0 Å². The average Bonchev–Trinajstić information content (AvgIpc) is 3.21. The lowest BCUT2D eigenvalue weighted by atomic mass is 9.85. The van der Waals surface area contributed by atoms with Crippen LogP contribution >= 0.6 is 0 Å². The van der Waals surface area contributed by atoms with Gasteiger partial charge in [0, 0.05) is 25.1 Å². The van der Waals surface area contributed by atoms with Crippen molar-refractivity contribution in [1.29, 1.82) is 0 Å². The topological polar surface area (TPSA) is 67.1 Å². The van der Waals surface area contributed by atoms with E-state index in [2.05, 4.69) is 22.2 Å². The summed E-state index contributed by atoms with van der Waals surface area (Å²) in [5.74, 6) is 9.64. The average molecular weight is 261 g/mol. The fourth-order valence-corrected chi connectivity index (χ4v) is 2.58. The number of hydrogen-bond donors (Lipinski definition) is 2. The molecule has 1 heterocycles. The second kappa shape index (κ2) is 5.33. The first-order valence-electron chi connectivity index (χ1n) is 7.40. The quantitative estimate of drug-likeness (QED) is 0.607. The molecule has 2 saturated carbocycles. The summed E-state index contributed by atoms with van der Waals surface area (Å²) in [5.41, 5.74) is 2.67. The van der Waals surface area contributed by atoms with Crippen LogP contribution < -0.4 is 16.2 Å². The molecular formula is C14H23N5. The number of aromatic nitrogens is 2. The maximum Gasteiger partial charge on any atom is 0.145 e. The van der Waals surface area contributed by atoms with Crippen LogP contribution in [0.15, 0.2) is 6.07 Å². The third kappa shape index (κ3) is 2.81. The minimum absolute atomic E-state index is 0.550. The molecule has 0 amide bonds. The zero-order valence-corrected chi connectivity index (χ0v) is 11.6. The molecule has 19 heavy (non-hydrogen) atoms. The lowest BCUT2D eigenvalue weighted by molar-refractivity contribution is 0.318. The van der Waals surface area contributed by atoms with Gasteiger partial charge in [0.25, 0.3) is 0 Å². The first-order valence-corrected chi connectivity index (χ1v) is 7.40. The Morgan fingerprint density at radius 1 is 1.32 bits per heavy atom. The fraction of sp³-hybridized carbons (Fsp3) is 0.714. The Hall–Kier alpha value is -1.36. The second-order valence-corrected chi connectivity index (χ2v) is 5.72. The summed E-state index contributed by atoms with van der Waals surface area (Å²) in [6.07, 6.45) is 6.53. The molecule has 3 rings (SSSR count). The monoisotopic (exact) mass is 261 g/mol. The van der Waals surface area contributed by atoms with Crippen molar-refractivity contribution in [3.8, 4) is 0 Å². The molecule has 1 aromatic heterocycles. The number of nitrogen functional groups attached to an aromatic ring is 1. The van der Waals surface area contributed by atoms with Gasteiger partial charge in [-0.3, -0.25) is 0 Å². The van der Waals surface area contributed by atoms with E-state index in [-0.39, 0.29) is 0 Å². The first-order chi connectivity index (χ1) is 9.30. The summed E-state index contributed by atoms with van der Waals surface area (Å²) < 4.78 is 0. The number of hydrogen-bond acceptors (Lipinski definition) is 5. The molecule has 3 N–H and O–H groups in total. The molecule has 0 aromatic carbocycles. The van der Waals surface area contributed by atoms with Crippen molar-refractivity contribution in [3.05, 3.63) is 11.9 Å². The van der Waals surface area contributed by atoms with Crippen LogP contribution in [-0.2, 0) is 0 Å². The van der Waals surface area contributed by atoms with Crippen molar-refractivity contribution in [2.24, 2.45) is 11.8 Å². The van der Waals surface area contributed by atoms with Crippen molar-refractivity contribution >= 4 is 11.6 Å². The highest BCUT2D eigenvalue weighted by Crippen LogP contribution is 2.39. The van der Waals surface area contributed by atoms with Crippen LogP contribution in [-0.4, -0.2) is 23.1 Å². The van der Waals surface area contributed by atoms with Crippen molar-refractivity contribution in [1.82, 2.24) is 9.97 Å². The van der Waals surface area contributed by atoms with Gasteiger partial charge >= 0.3 is 0 Å². The smallest absolute Gasteiger partial charge is 0.145 e. The van der Waals surface area contributed by atoms with Gasteiger partial charge in [-0.1, -0.05) is 6.42 Å². The number of nitrogens with one attached hydrogen (secondary N) is 1. The van der Waals surface area contributed by atoms with Crippen LogP contribution in [0.5, 0.6) is 0 Å². The molecule has 2 fully saturated rings. The summed E-state index contributed by atoms with van der Waals surface area (Å²) in [7, 11) is 0. The molecule has 0 atom stereocenters. The molecule has 5 heteroatoms. The number of rotatable bonds is 6. The van der Waals surface area contributed by atoms with Crippen LogP contribution in [0, 0.1) is 5.92 Å². The van der Waals surface area contributed by atoms with Crippen molar-refractivity contribution in [2.45, 2.75) is 44.9 Å². The number of anilines is 2. The predicted octanol–water partition coefficient (Wildman–Crippen LogP) is 2.27. The normalized spacial score (nSPS) is 19.1. The van der Waals surface area contributed by atoms with E-state index in [1.807, 2.05) is 6.07 Å². The van der Waals surface area contributed by atoms with E-state index in [9.17, 15) is 0 Å². The van der Waals surface area contributed by atoms with Gasteiger partial charge in [-0.25, -0.2) is 15.8 Å². The zero-order valence-electron chi connectivity index (χ0n) is 11.6. The molecule has 104 valence electrons. The van der Waals surface area contributed by atoms with Gasteiger partial charge in [0.05, 0.1) is 0 Å². The molecule has 0 radical (unpaired) electrons. The van der Waals surface area contributed by atoms with Crippen molar-refractivity contribution in [3.63, 3.8) is 0 Å². The summed E-state index contributed by atoms with van der Waals surface area (Å²) in [4.78, 5) is 11.6. The minimum Gasteiger partial charge on any atom is -0.356 e. The summed E-state index contributed by atoms with van der Waals surface area (Å²) >= 11 is 0. The molecule has 5 nitrogen and oxygen atoms in total. The Kier molecular flexibility index (Phi) is 3.55. The number of hydrazine groups is 1. The Morgan fingerprint density at radius 2 is 2.11 bits per heavy atom. The highest BCUT2D eigenvalue weighted by atomic mass is 15.3. The molecule has 0 unspecified atom stereocenters. The van der Waals surface area contributed by atoms with Gasteiger partial charge in [0.15, 0.2) is 0 Å². The Balaban J connectivity index is 1.81. The van der Waals surface area contributed by atoms with Crippen LogP contribution in [0.2, 0.25) is 0 Å². The van der Waals surface area contributed by atoms with Gasteiger partial charge in [-0.05, 0) is 38.5 Å². The molecule has 2 aliphatic rings. The maximum absolute atomic E-state index is 5.53. The SMILES string of the molecule is CCN(CC1CCC1)c1cc(NN)nc(C2CC2)n1. The Bertz CT molecular complexity index is 439. The standard InChI is InChI=1S/C14H23N5/c1-2-19(9-10-4-3-5-10)13-8-12(18-15)16-14(17-13)11-6-7-11/h8,10-11H,2-7,9,15H2,1H3,(H,16,17,18). The summed E-state index contributed by atoms with van der Waals surface area (Å²) in [6.45, 7) is 4.29. The van der Waals surface area contributed by atoms with Crippen molar-refractivity contribution in [2.75, 3.05) is 23.4 Å². The van der Waals surface area contributed by atoms with E-state index in [1.165, 1.54) is 32.1 Å². The van der Waals surface area contributed by atoms with E-state index >= 15 is 0 Å². The molecule has 2 aliphatic carbocycles. The van der Waals surface area contributed by atoms with Crippen LogP contribution in [0.1, 0.15) is 50.8 Å². The zero-order chi connectivity index (χ0) is 13.2. The summed E-state index contributed by atoms with van der Waals surface area (Å²) in [6, 6.07) is 1.97. The fourth-order valence-electron chi connectivity index (χ4n) is 2.58. The maximum atomic E-state index is 5.53. The third-order valence-corrected chi connectivity index (χ3v) is 4.23. The van der Waals surface area contributed by atoms with Crippen LogP contribution in [0.3, 0.4) is 0 Å². The van der Waals surface area contributed by atoms with Gasteiger partial charge < -0.3 is 10.3 Å². The van der Waals surface area contributed by atoms with Crippen molar-refractivity contribution < 1.29 is 0 Å². The second-order valence-electron chi connectivity index (χ2n) is 5.72. The Morgan fingerprint density at radius 3 is 2.63 bits per heavy atom. The van der Waals surface area contributed by atoms with E-state index in [0.717, 1.165) is 36.5 Å². The molecule has 1 aromatic rings. The predicted molar refractivity (Wildman–Crippen MR) is 77.0 cm³/mol. The Labute approximate surface area is 114 Å². The molecule has 0 spiro atoms. The first kappa shape index (κ1) is 12.7. The molecule has 0 aliphatic heterocycles. The number of nitrogens with two attached hydrogens (primary N) is 1. The van der Waals surface area contributed by atoms with Gasteiger partial charge in [-0.15, -0.1) is 0 Å². The molecular weight excluding hydrogens is 238 g/mol. The van der Waals surface area contributed by atoms with E-state index in [0.29, 0.717) is 5.92 Å². The third-order valence-electron chi connectivity index (χ3n) is 4.23. The summed E-state index contributed by atoms with van der Waals surface area (Å²) in [5, 5.41) is 0. The highest BCUT2D eigenvalue weighted by molar-refractivity contribution is 5.49. The van der Waals surface area contributed by atoms with E-state index in [1.54, 1.807) is 0 Å². The largest absolute Gasteiger partial charge is 0.356 e. The van der Waals surface area contributed by atoms with Crippen LogP contribution in [0.4, 0.5) is 11.6 Å². The lowest BCUT2D eigenvalue weighted by Crippen LogP contribution is -2.33. The van der Waals surface area contributed by atoms with Gasteiger partial charge in [0.1, 0.15) is 17.5 Å². The van der Waals surface area contributed by atoms with E-state index in [4.69, 9.17) is 10.8 Å². The molecule has 0 bridgehead atoms.